The van der Waals surface area contributed by atoms with Crippen molar-refractivity contribution in [3.05, 3.63) is 40.3 Å². The smallest absolute Gasteiger partial charge is 0.341 e. The summed E-state index contributed by atoms with van der Waals surface area (Å²) in [5.41, 5.74) is 2.46. The van der Waals surface area contributed by atoms with Crippen molar-refractivity contribution < 1.29 is 19.1 Å². The second kappa shape index (κ2) is 10.4. The zero-order valence-electron chi connectivity index (χ0n) is 18.8. The van der Waals surface area contributed by atoms with Gasteiger partial charge in [0.05, 0.1) is 25.0 Å². The summed E-state index contributed by atoms with van der Waals surface area (Å²) in [5, 5.41) is 12.6. The van der Waals surface area contributed by atoms with Crippen molar-refractivity contribution in [3.8, 4) is 17.1 Å². The minimum absolute atomic E-state index is 0.152. The summed E-state index contributed by atoms with van der Waals surface area (Å²) in [6, 6.07) is 7.57. The van der Waals surface area contributed by atoms with Crippen molar-refractivity contribution in [2.75, 3.05) is 24.8 Å². The predicted octanol–water partition coefficient (Wildman–Crippen LogP) is 4.34. The van der Waals surface area contributed by atoms with E-state index in [-0.39, 0.29) is 17.6 Å². The van der Waals surface area contributed by atoms with Crippen LogP contribution in [0.2, 0.25) is 0 Å². The van der Waals surface area contributed by atoms with E-state index in [4.69, 9.17) is 9.47 Å². The zero-order valence-corrected chi connectivity index (χ0v) is 20.5. The highest BCUT2D eigenvalue weighted by molar-refractivity contribution is 7.99. The van der Waals surface area contributed by atoms with E-state index in [9.17, 15) is 9.59 Å². The molecule has 0 unspecified atom stereocenters. The van der Waals surface area contributed by atoms with Crippen LogP contribution in [0.1, 0.15) is 40.6 Å². The van der Waals surface area contributed by atoms with Crippen LogP contribution in [-0.4, -0.2) is 46.1 Å². The molecule has 1 aliphatic carbocycles. The Labute approximate surface area is 200 Å². The second-order valence-electron chi connectivity index (χ2n) is 7.57. The lowest BCUT2D eigenvalue weighted by Crippen LogP contribution is -2.17. The molecule has 174 valence electrons. The largest absolute Gasteiger partial charge is 0.497 e. The number of methoxy groups -OCH3 is 1. The van der Waals surface area contributed by atoms with Gasteiger partial charge in [-0.15, -0.1) is 21.5 Å². The molecule has 1 amide bonds. The molecule has 0 bridgehead atoms. The first-order chi connectivity index (χ1) is 16.0. The Morgan fingerprint density at radius 1 is 1.18 bits per heavy atom. The predicted molar refractivity (Wildman–Crippen MR) is 129 cm³/mol. The van der Waals surface area contributed by atoms with Crippen LogP contribution in [0.15, 0.2) is 29.4 Å². The van der Waals surface area contributed by atoms with E-state index in [1.807, 2.05) is 35.9 Å². The number of carbonyl (C=O) groups is 2. The first-order valence-corrected chi connectivity index (χ1v) is 12.6. The minimum atomic E-state index is -0.364. The quantitative estimate of drug-likeness (QED) is 0.374. The van der Waals surface area contributed by atoms with Crippen molar-refractivity contribution in [1.29, 1.82) is 0 Å². The number of carbonyl (C=O) groups excluding carboxylic acids is 2. The molecule has 0 aliphatic heterocycles. The fourth-order valence-electron chi connectivity index (χ4n) is 3.80. The van der Waals surface area contributed by atoms with Crippen LogP contribution in [0.4, 0.5) is 5.00 Å². The van der Waals surface area contributed by atoms with Crippen molar-refractivity contribution in [3.63, 3.8) is 0 Å². The summed E-state index contributed by atoms with van der Waals surface area (Å²) in [5.74, 6) is 1.07. The third kappa shape index (κ3) is 5.06. The average molecular weight is 487 g/mol. The van der Waals surface area contributed by atoms with Crippen LogP contribution in [-0.2, 0) is 29.4 Å². The molecule has 1 aliphatic rings. The molecular weight excluding hydrogens is 460 g/mol. The molecule has 0 radical (unpaired) electrons. The molecule has 3 aromatic rings. The summed E-state index contributed by atoms with van der Waals surface area (Å²) >= 11 is 2.79. The van der Waals surface area contributed by atoms with Gasteiger partial charge in [0.15, 0.2) is 11.0 Å². The maximum Gasteiger partial charge on any atom is 0.341 e. The molecule has 2 aromatic heterocycles. The van der Waals surface area contributed by atoms with E-state index in [2.05, 4.69) is 15.5 Å². The van der Waals surface area contributed by atoms with E-state index in [1.54, 1.807) is 14.0 Å². The van der Waals surface area contributed by atoms with Gasteiger partial charge in [-0.05, 0) is 62.4 Å². The third-order valence-corrected chi connectivity index (χ3v) is 7.65. The lowest BCUT2D eigenvalue weighted by molar-refractivity contribution is -0.113. The van der Waals surface area contributed by atoms with E-state index < -0.39 is 0 Å². The number of fused-ring (bicyclic) bond motifs is 1. The van der Waals surface area contributed by atoms with Gasteiger partial charge >= 0.3 is 5.97 Å². The molecule has 2 heterocycles. The van der Waals surface area contributed by atoms with Gasteiger partial charge in [-0.3, -0.25) is 4.79 Å². The van der Waals surface area contributed by atoms with E-state index in [0.717, 1.165) is 42.6 Å². The maximum absolute atomic E-state index is 12.7. The number of amides is 1. The molecule has 8 nitrogen and oxygen atoms in total. The highest BCUT2D eigenvalue weighted by Crippen LogP contribution is 2.38. The number of rotatable bonds is 8. The summed E-state index contributed by atoms with van der Waals surface area (Å²) in [7, 11) is 3.49. The molecular formula is C23H26N4O4S2. The first-order valence-electron chi connectivity index (χ1n) is 10.8. The number of aryl methyl sites for hydroxylation is 1. The highest BCUT2D eigenvalue weighted by atomic mass is 32.2. The second-order valence-corrected chi connectivity index (χ2v) is 9.61. The Kier molecular flexibility index (Phi) is 7.34. The normalized spacial score (nSPS) is 12.8. The number of thioether (sulfide) groups is 1. The number of nitrogens with zero attached hydrogens (tertiary/aromatic N) is 3. The Morgan fingerprint density at radius 2 is 1.94 bits per heavy atom. The molecule has 33 heavy (non-hydrogen) atoms. The number of benzene rings is 1. The van der Waals surface area contributed by atoms with Crippen LogP contribution in [0.5, 0.6) is 5.75 Å². The molecule has 0 atom stereocenters. The Hall–Kier alpha value is -2.85. The van der Waals surface area contributed by atoms with Crippen molar-refractivity contribution in [2.24, 2.45) is 7.05 Å². The van der Waals surface area contributed by atoms with E-state index >= 15 is 0 Å². The maximum atomic E-state index is 12.7. The molecule has 1 N–H and O–H groups in total. The number of anilines is 1. The Morgan fingerprint density at radius 3 is 2.67 bits per heavy atom. The van der Waals surface area contributed by atoms with Crippen LogP contribution in [0, 0.1) is 0 Å². The Balaban J connectivity index is 1.44. The number of thiophene rings is 1. The van der Waals surface area contributed by atoms with Gasteiger partial charge in [0.25, 0.3) is 0 Å². The molecule has 4 rings (SSSR count). The first kappa shape index (κ1) is 23.3. The fourth-order valence-corrected chi connectivity index (χ4v) is 5.80. The van der Waals surface area contributed by atoms with Gasteiger partial charge in [-0.25, -0.2) is 4.79 Å². The summed E-state index contributed by atoms with van der Waals surface area (Å²) < 4.78 is 12.3. The van der Waals surface area contributed by atoms with E-state index in [0.29, 0.717) is 28.2 Å². The van der Waals surface area contributed by atoms with Gasteiger partial charge in [-0.2, -0.15) is 0 Å². The van der Waals surface area contributed by atoms with Crippen LogP contribution in [0.3, 0.4) is 0 Å². The molecule has 0 saturated heterocycles. The van der Waals surface area contributed by atoms with Gasteiger partial charge in [0.2, 0.25) is 5.91 Å². The van der Waals surface area contributed by atoms with Gasteiger partial charge in [0.1, 0.15) is 10.8 Å². The summed E-state index contributed by atoms with van der Waals surface area (Å²) in [6.45, 7) is 2.09. The monoisotopic (exact) mass is 486 g/mol. The topological polar surface area (TPSA) is 95.3 Å². The van der Waals surface area contributed by atoms with Crippen molar-refractivity contribution in [1.82, 2.24) is 14.8 Å². The molecule has 0 spiro atoms. The van der Waals surface area contributed by atoms with E-state index in [1.165, 1.54) is 28.0 Å². The average Bonchev–Trinajstić information content (AvgIpc) is 3.37. The lowest BCUT2D eigenvalue weighted by Gasteiger charge is -2.12. The molecule has 1 aromatic carbocycles. The van der Waals surface area contributed by atoms with Gasteiger partial charge < -0.3 is 19.4 Å². The minimum Gasteiger partial charge on any atom is -0.497 e. The van der Waals surface area contributed by atoms with Crippen LogP contribution >= 0.6 is 23.1 Å². The lowest BCUT2D eigenvalue weighted by atomic mass is 9.95. The summed E-state index contributed by atoms with van der Waals surface area (Å²) in [4.78, 5) is 26.5. The molecule has 0 saturated carbocycles. The number of aromatic nitrogens is 3. The van der Waals surface area contributed by atoms with Crippen LogP contribution in [0.25, 0.3) is 11.4 Å². The fraction of sp³-hybridized carbons (Fsp3) is 0.391. The van der Waals surface area contributed by atoms with Crippen LogP contribution < -0.4 is 10.1 Å². The van der Waals surface area contributed by atoms with Crippen molar-refractivity contribution >= 4 is 40.0 Å². The number of nitrogens with one attached hydrogen (secondary N) is 1. The third-order valence-electron chi connectivity index (χ3n) is 5.42. The zero-order chi connectivity index (χ0) is 23.4. The summed E-state index contributed by atoms with van der Waals surface area (Å²) in [6.07, 6.45) is 3.92. The number of ether oxygens (including phenoxy) is 2. The SMILES string of the molecule is CCOC(=O)c1c(NC(=O)CSc2nnc(-c3ccc(OC)cc3)n2C)sc2c1CCCC2. The highest BCUT2D eigenvalue weighted by Gasteiger charge is 2.27. The number of hydrogen-bond acceptors (Lipinski definition) is 8. The number of hydrogen-bond donors (Lipinski definition) is 1. The standard InChI is InChI=1S/C23H26N4O4S2/c1-4-31-22(29)19-16-7-5-6-8-17(16)33-21(19)24-18(28)13-32-23-26-25-20(27(23)2)14-9-11-15(30-3)12-10-14/h9-12H,4-8,13H2,1-3H3,(H,24,28). The van der Waals surface area contributed by atoms with Crippen molar-refractivity contribution in [2.45, 2.75) is 37.8 Å². The molecule has 0 fully saturated rings. The van der Waals surface area contributed by atoms with Gasteiger partial charge in [0, 0.05) is 17.5 Å². The Bertz CT molecular complexity index is 1150. The molecule has 10 heteroatoms. The number of esters is 1. The van der Waals surface area contributed by atoms with Gasteiger partial charge in [-0.1, -0.05) is 11.8 Å².